The lowest BCUT2D eigenvalue weighted by molar-refractivity contribution is 0.765. The maximum absolute atomic E-state index is 6.13. The Hall–Kier alpha value is -0.490. The van der Waals surface area contributed by atoms with E-state index in [4.69, 9.17) is 11.6 Å². The molecule has 0 heterocycles. The third-order valence-electron chi connectivity index (χ3n) is 1.70. The number of benzene rings is 1. The molecule has 0 bridgehead atoms. The predicted octanol–water partition coefficient (Wildman–Crippen LogP) is 3.47. The van der Waals surface area contributed by atoms with E-state index in [0.29, 0.717) is 0 Å². The number of halogens is 1. The van der Waals surface area contributed by atoms with Crippen molar-refractivity contribution in [2.45, 2.75) is 25.6 Å². The first-order chi connectivity index (χ1) is 5.00. The molecule has 0 spiro atoms. The lowest BCUT2D eigenvalue weighted by Crippen LogP contribution is -2.06. The largest absolute Gasteiger partial charge is 0.115 e. The lowest BCUT2D eigenvalue weighted by atomic mass is 10.0. The molecule has 0 aromatic heterocycles. The van der Waals surface area contributed by atoms with Crippen LogP contribution in [-0.2, 0) is 4.87 Å². The van der Waals surface area contributed by atoms with E-state index in [1.54, 1.807) is 0 Å². The molecule has 0 N–H and O–H groups in total. The summed E-state index contributed by atoms with van der Waals surface area (Å²) in [4.78, 5) is -0.244. The molecule has 60 valence electrons. The zero-order chi connectivity index (χ0) is 8.48. The Labute approximate surface area is 73.2 Å². The standard InChI is InChI=1S/C10H13Cl/c1-8-5-4-6-9(7-8)10(2,3)11/h4-7H,1-3H3. The quantitative estimate of drug-likeness (QED) is 0.564. The van der Waals surface area contributed by atoms with Crippen LogP contribution in [0, 0.1) is 6.92 Å². The third kappa shape index (κ3) is 2.23. The predicted molar refractivity (Wildman–Crippen MR) is 50.1 cm³/mol. The maximum atomic E-state index is 6.13. The van der Waals surface area contributed by atoms with Gasteiger partial charge in [0.2, 0.25) is 0 Å². The highest BCUT2D eigenvalue weighted by Gasteiger charge is 2.15. The van der Waals surface area contributed by atoms with Crippen molar-refractivity contribution in [2.75, 3.05) is 0 Å². The van der Waals surface area contributed by atoms with Gasteiger partial charge in [0.25, 0.3) is 0 Å². The number of hydrogen-bond acceptors (Lipinski definition) is 0. The Kier molecular flexibility index (Phi) is 2.24. The van der Waals surface area contributed by atoms with E-state index in [1.807, 2.05) is 19.9 Å². The van der Waals surface area contributed by atoms with Crippen LogP contribution in [0.2, 0.25) is 0 Å². The van der Waals surface area contributed by atoms with E-state index in [2.05, 4.69) is 25.1 Å². The molecule has 1 aromatic rings. The molecule has 0 saturated heterocycles. The number of aryl methyl sites for hydroxylation is 1. The topological polar surface area (TPSA) is 0 Å². The molecule has 0 aliphatic carbocycles. The van der Waals surface area contributed by atoms with E-state index in [9.17, 15) is 0 Å². The molecule has 1 heteroatoms. The molecular formula is C10H13Cl. The van der Waals surface area contributed by atoms with Gasteiger partial charge in [-0.1, -0.05) is 29.8 Å². The van der Waals surface area contributed by atoms with E-state index >= 15 is 0 Å². The number of hydrogen-bond donors (Lipinski definition) is 0. The first-order valence-corrected chi connectivity index (χ1v) is 4.14. The normalized spacial score (nSPS) is 11.6. The second kappa shape index (κ2) is 2.86. The maximum Gasteiger partial charge on any atom is 0.0638 e. The monoisotopic (exact) mass is 168 g/mol. The molecule has 0 radical (unpaired) electrons. The van der Waals surface area contributed by atoms with Gasteiger partial charge in [-0.05, 0) is 26.3 Å². The summed E-state index contributed by atoms with van der Waals surface area (Å²) in [5.41, 5.74) is 2.44. The smallest absolute Gasteiger partial charge is 0.0638 e. The van der Waals surface area contributed by atoms with Gasteiger partial charge in [0.15, 0.2) is 0 Å². The molecule has 1 rings (SSSR count). The highest BCUT2D eigenvalue weighted by atomic mass is 35.5. The first-order valence-electron chi connectivity index (χ1n) is 3.76. The van der Waals surface area contributed by atoms with Crippen LogP contribution in [0.4, 0.5) is 0 Å². The van der Waals surface area contributed by atoms with Crippen molar-refractivity contribution >= 4 is 11.6 Å². The fourth-order valence-corrected chi connectivity index (χ4v) is 1.13. The van der Waals surface area contributed by atoms with Crippen molar-refractivity contribution in [2.24, 2.45) is 0 Å². The molecule has 1 aromatic carbocycles. The van der Waals surface area contributed by atoms with Gasteiger partial charge in [0.05, 0.1) is 4.87 Å². The van der Waals surface area contributed by atoms with E-state index < -0.39 is 0 Å². The zero-order valence-corrected chi connectivity index (χ0v) is 7.94. The Morgan fingerprint density at radius 1 is 1.27 bits per heavy atom. The summed E-state index contributed by atoms with van der Waals surface area (Å²) in [6.45, 7) is 6.08. The number of rotatable bonds is 1. The molecule has 0 nitrogen and oxygen atoms in total. The molecule has 11 heavy (non-hydrogen) atoms. The fraction of sp³-hybridized carbons (Fsp3) is 0.400. The first kappa shape index (κ1) is 8.61. The minimum Gasteiger partial charge on any atom is -0.115 e. The summed E-state index contributed by atoms with van der Waals surface area (Å²) >= 11 is 6.13. The molecule has 0 aliphatic rings. The molecular weight excluding hydrogens is 156 g/mol. The van der Waals surface area contributed by atoms with Crippen molar-refractivity contribution in [3.8, 4) is 0 Å². The molecule has 0 saturated carbocycles. The molecule has 0 atom stereocenters. The minimum absolute atomic E-state index is 0.244. The van der Waals surface area contributed by atoms with Crippen LogP contribution < -0.4 is 0 Å². The second-order valence-corrected chi connectivity index (χ2v) is 4.29. The highest BCUT2D eigenvalue weighted by molar-refractivity contribution is 6.23. The van der Waals surface area contributed by atoms with Crippen molar-refractivity contribution in [3.63, 3.8) is 0 Å². The fourth-order valence-electron chi connectivity index (χ4n) is 1.01. The van der Waals surface area contributed by atoms with Gasteiger partial charge in [0.1, 0.15) is 0 Å². The van der Waals surface area contributed by atoms with E-state index in [1.165, 1.54) is 11.1 Å². The average Bonchev–Trinajstić information content (AvgIpc) is 1.86. The Morgan fingerprint density at radius 2 is 1.91 bits per heavy atom. The van der Waals surface area contributed by atoms with Crippen LogP contribution >= 0.6 is 11.6 Å². The summed E-state index contributed by atoms with van der Waals surface area (Å²) in [6, 6.07) is 8.29. The average molecular weight is 169 g/mol. The van der Waals surface area contributed by atoms with Gasteiger partial charge in [0, 0.05) is 0 Å². The van der Waals surface area contributed by atoms with Crippen LogP contribution in [0.25, 0.3) is 0 Å². The SMILES string of the molecule is Cc1cccc(C(C)(C)Cl)c1. The van der Waals surface area contributed by atoms with E-state index in [0.717, 1.165) is 0 Å². The molecule has 0 amide bonds. The third-order valence-corrected chi connectivity index (χ3v) is 1.92. The Morgan fingerprint density at radius 3 is 2.27 bits per heavy atom. The number of alkyl halides is 1. The van der Waals surface area contributed by atoms with Crippen molar-refractivity contribution in [1.82, 2.24) is 0 Å². The van der Waals surface area contributed by atoms with Crippen molar-refractivity contribution < 1.29 is 0 Å². The summed E-state index contributed by atoms with van der Waals surface area (Å²) < 4.78 is 0. The Balaban J connectivity index is 3.06. The summed E-state index contributed by atoms with van der Waals surface area (Å²) in [5, 5.41) is 0. The van der Waals surface area contributed by atoms with Crippen LogP contribution in [0.15, 0.2) is 24.3 Å². The highest BCUT2D eigenvalue weighted by Crippen LogP contribution is 2.27. The van der Waals surface area contributed by atoms with Crippen LogP contribution in [0.1, 0.15) is 25.0 Å². The van der Waals surface area contributed by atoms with Gasteiger partial charge < -0.3 is 0 Å². The van der Waals surface area contributed by atoms with Gasteiger partial charge >= 0.3 is 0 Å². The summed E-state index contributed by atoms with van der Waals surface area (Å²) in [6.07, 6.45) is 0. The molecule has 0 fully saturated rings. The van der Waals surface area contributed by atoms with E-state index in [-0.39, 0.29) is 4.87 Å². The van der Waals surface area contributed by atoms with Gasteiger partial charge in [-0.25, -0.2) is 0 Å². The van der Waals surface area contributed by atoms with Crippen LogP contribution in [0.5, 0.6) is 0 Å². The molecule has 0 aliphatic heterocycles. The van der Waals surface area contributed by atoms with Crippen molar-refractivity contribution in [3.05, 3.63) is 35.4 Å². The molecule has 0 unspecified atom stereocenters. The van der Waals surface area contributed by atoms with Gasteiger partial charge in [-0.3, -0.25) is 0 Å². The zero-order valence-electron chi connectivity index (χ0n) is 7.19. The minimum atomic E-state index is -0.244. The lowest BCUT2D eigenvalue weighted by Gasteiger charge is -2.16. The second-order valence-electron chi connectivity index (χ2n) is 3.34. The van der Waals surface area contributed by atoms with Gasteiger partial charge in [-0.15, -0.1) is 11.6 Å². The Bertz CT molecular complexity index is 245. The van der Waals surface area contributed by atoms with Crippen LogP contribution in [0.3, 0.4) is 0 Å². The van der Waals surface area contributed by atoms with Gasteiger partial charge in [-0.2, -0.15) is 0 Å². The van der Waals surface area contributed by atoms with Crippen molar-refractivity contribution in [1.29, 1.82) is 0 Å². The van der Waals surface area contributed by atoms with Crippen LogP contribution in [-0.4, -0.2) is 0 Å². The summed E-state index contributed by atoms with van der Waals surface area (Å²) in [5.74, 6) is 0. The summed E-state index contributed by atoms with van der Waals surface area (Å²) in [7, 11) is 0.